The molecule has 0 aliphatic carbocycles. The van der Waals surface area contributed by atoms with E-state index in [1.807, 2.05) is 6.20 Å². The van der Waals surface area contributed by atoms with Gasteiger partial charge in [0.15, 0.2) is 0 Å². The summed E-state index contributed by atoms with van der Waals surface area (Å²) in [5.41, 5.74) is 10.6. The molecule has 0 saturated heterocycles. The van der Waals surface area contributed by atoms with Gasteiger partial charge in [-0.3, -0.25) is 4.57 Å². The molecule has 3 heteroatoms. The Hall–Kier alpha value is -4.47. The predicted molar refractivity (Wildman–Crippen MR) is 167 cm³/mol. The van der Waals surface area contributed by atoms with Crippen LogP contribution in [0.5, 0.6) is 0 Å². The van der Waals surface area contributed by atoms with Gasteiger partial charge in [-0.15, -0.1) is 0 Å². The van der Waals surface area contributed by atoms with Gasteiger partial charge in [-0.2, -0.15) is 0 Å². The molecule has 0 amide bonds. The zero-order chi connectivity index (χ0) is 26.3. The number of para-hydroxylation sites is 1. The highest BCUT2D eigenvalue weighted by molar-refractivity contribution is 9.10. The lowest BCUT2D eigenvalue weighted by Crippen LogP contribution is -2.00. The minimum absolute atomic E-state index is 0.904. The van der Waals surface area contributed by atoms with E-state index in [-0.39, 0.29) is 0 Å². The number of pyridine rings is 1. The summed E-state index contributed by atoms with van der Waals surface area (Å²) in [6.07, 6.45) is 2.01. The monoisotopic (exact) mass is 564 g/mol. The molecule has 2 heterocycles. The summed E-state index contributed by atoms with van der Waals surface area (Å²) < 4.78 is 3.33. The van der Waals surface area contributed by atoms with Crippen molar-refractivity contribution in [1.82, 2.24) is 9.55 Å². The van der Waals surface area contributed by atoms with Crippen LogP contribution in [0.3, 0.4) is 0 Å². The van der Waals surface area contributed by atoms with E-state index in [1.165, 1.54) is 44.2 Å². The first-order chi connectivity index (χ1) is 19.2. The quantitative estimate of drug-likeness (QED) is 0.208. The van der Waals surface area contributed by atoms with E-state index in [9.17, 15) is 0 Å². The van der Waals surface area contributed by atoms with E-state index in [0.717, 1.165) is 26.9 Å². The molecule has 2 nitrogen and oxygen atoms in total. The summed E-state index contributed by atoms with van der Waals surface area (Å²) in [7, 11) is 0. The largest absolute Gasteiger partial charge is 0.294 e. The van der Waals surface area contributed by atoms with Crippen LogP contribution < -0.4 is 0 Å². The first kappa shape index (κ1) is 23.6. The van der Waals surface area contributed by atoms with Crippen molar-refractivity contribution in [3.8, 4) is 39.2 Å². The van der Waals surface area contributed by atoms with E-state index in [2.05, 4.69) is 155 Å². The van der Waals surface area contributed by atoms with Gasteiger partial charge in [-0.1, -0.05) is 119 Å². The molecule has 186 valence electrons. The summed E-state index contributed by atoms with van der Waals surface area (Å²) in [6, 6.07) is 45.3. The average molecular weight is 566 g/mol. The van der Waals surface area contributed by atoms with Gasteiger partial charge in [0.25, 0.3) is 0 Å². The molecule has 2 aromatic heterocycles. The third-order valence-corrected chi connectivity index (χ3v) is 7.95. The van der Waals surface area contributed by atoms with E-state index in [1.54, 1.807) is 0 Å². The SMILES string of the molecule is Cc1cnc(-n2c3ccccc3c3ccc(Br)cc32)cc1-c1c(-c2ccccc2)cccc1-c1ccccc1. The standard InChI is InChI=1S/C36H25BrN2/c1-24-23-38-35(39-33-18-9-8-15-30(33)31-20-19-27(37)21-34(31)39)22-32(24)36-28(25-11-4-2-5-12-25)16-10-17-29(36)26-13-6-3-7-14-26/h2-23H,1H3. The highest BCUT2D eigenvalue weighted by Crippen LogP contribution is 2.42. The van der Waals surface area contributed by atoms with Gasteiger partial charge < -0.3 is 0 Å². The van der Waals surface area contributed by atoms with Crippen LogP contribution in [0.2, 0.25) is 0 Å². The molecular formula is C36H25BrN2. The van der Waals surface area contributed by atoms with Crippen molar-refractivity contribution in [2.24, 2.45) is 0 Å². The van der Waals surface area contributed by atoms with Gasteiger partial charge in [0.05, 0.1) is 11.0 Å². The second-order valence-corrected chi connectivity index (χ2v) is 10.7. The molecule has 0 saturated carbocycles. The molecule has 0 unspecified atom stereocenters. The van der Waals surface area contributed by atoms with Crippen molar-refractivity contribution in [1.29, 1.82) is 0 Å². The van der Waals surface area contributed by atoms with Crippen LogP contribution in [0.4, 0.5) is 0 Å². The summed E-state index contributed by atoms with van der Waals surface area (Å²) in [6.45, 7) is 2.16. The Morgan fingerprint density at radius 2 is 1.18 bits per heavy atom. The highest BCUT2D eigenvalue weighted by atomic mass is 79.9. The van der Waals surface area contributed by atoms with Crippen molar-refractivity contribution in [2.45, 2.75) is 6.92 Å². The Morgan fingerprint density at radius 1 is 0.564 bits per heavy atom. The number of hydrogen-bond donors (Lipinski definition) is 0. The first-order valence-corrected chi connectivity index (χ1v) is 13.9. The number of aromatic nitrogens is 2. The van der Waals surface area contributed by atoms with Crippen LogP contribution in [0.25, 0.3) is 61.0 Å². The van der Waals surface area contributed by atoms with Gasteiger partial charge in [-0.25, -0.2) is 4.98 Å². The number of halogens is 1. The van der Waals surface area contributed by atoms with Crippen LogP contribution in [0.15, 0.2) is 138 Å². The lowest BCUT2D eigenvalue weighted by atomic mass is 9.86. The lowest BCUT2D eigenvalue weighted by Gasteiger charge is -2.19. The molecule has 0 radical (unpaired) electrons. The number of fused-ring (bicyclic) bond motifs is 3. The van der Waals surface area contributed by atoms with Crippen molar-refractivity contribution >= 4 is 37.7 Å². The minimum atomic E-state index is 0.904. The van der Waals surface area contributed by atoms with Crippen LogP contribution in [-0.2, 0) is 0 Å². The van der Waals surface area contributed by atoms with Crippen molar-refractivity contribution < 1.29 is 0 Å². The number of hydrogen-bond acceptors (Lipinski definition) is 1. The fourth-order valence-corrected chi connectivity index (χ4v) is 6.00. The minimum Gasteiger partial charge on any atom is -0.294 e. The number of benzene rings is 5. The van der Waals surface area contributed by atoms with Crippen LogP contribution in [-0.4, -0.2) is 9.55 Å². The molecule has 0 atom stereocenters. The molecule has 39 heavy (non-hydrogen) atoms. The fraction of sp³-hybridized carbons (Fsp3) is 0.0278. The van der Waals surface area contributed by atoms with E-state index >= 15 is 0 Å². The lowest BCUT2D eigenvalue weighted by molar-refractivity contribution is 1.07. The van der Waals surface area contributed by atoms with Crippen LogP contribution in [0.1, 0.15) is 5.56 Å². The Bertz CT molecular complexity index is 1910. The van der Waals surface area contributed by atoms with Gasteiger partial charge in [-0.05, 0) is 70.1 Å². The smallest absolute Gasteiger partial charge is 0.138 e. The van der Waals surface area contributed by atoms with Crippen LogP contribution in [0, 0.1) is 6.92 Å². The molecule has 0 spiro atoms. The van der Waals surface area contributed by atoms with Gasteiger partial charge in [0.1, 0.15) is 5.82 Å². The summed E-state index contributed by atoms with van der Waals surface area (Å²) in [5.74, 6) is 0.904. The maximum Gasteiger partial charge on any atom is 0.138 e. The maximum atomic E-state index is 4.99. The van der Waals surface area contributed by atoms with Crippen molar-refractivity contribution in [3.05, 3.63) is 144 Å². The van der Waals surface area contributed by atoms with E-state index in [0.29, 0.717) is 0 Å². The van der Waals surface area contributed by atoms with E-state index < -0.39 is 0 Å². The number of rotatable bonds is 4. The Kier molecular flexibility index (Phi) is 5.87. The zero-order valence-corrected chi connectivity index (χ0v) is 23.1. The predicted octanol–water partition coefficient (Wildman–Crippen LogP) is 10.3. The zero-order valence-electron chi connectivity index (χ0n) is 21.5. The second-order valence-electron chi connectivity index (χ2n) is 9.83. The summed E-state index contributed by atoms with van der Waals surface area (Å²) >= 11 is 3.70. The topological polar surface area (TPSA) is 17.8 Å². The molecule has 0 N–H and O–H groups in total. The van der Waals surface area contributed by atoms with Gasteiger partial charge in [0, 0.05) is 21.4 Å². The van der Waals surface area contributed by atoms with Gasteiger partial charge in [0.2, 0.25) is 0 Å². The number of aryl methyl sites for hydroxylation is 1. The average Bonchev–Trinajstić information content (AvgIpc) is 3.31. The molecule has 0 fully saturated rings. The molecule has 0 bridgehead atoms. The van der Waals surface area contributed by atoms with E-state index in [4.69, 9.17) is 4.98 Å². The first-order valence-electron chi connectivity index (χ1n) is 13.1. The molecule has 0 aliphatic rings. The van der Waals surface area contributed by atoms with Crippen molar-refractivity contribution in [2.75, 3.05) is 0 Å². The second kappa shape index (κ2) is 9.68. The third-order valence-electron chi connectivity index (χ3n) is 7.46. The molecule has 7 aromatic rings. The molecule has 7 rings (SSSR count). The normalized spacial score (nSPS) is 11.3. The third kappa shape index (κ3) is 4.07. The molecule has 5 aromatic carbocycles. The molecular weight excluding hydrogens is 540 g/mol. The fourth-order valence-electron chi connectivity index (χ4n) is 5.65. The maximum absolute atomic E-state index is 4.99. The summed E-state index contributed by atoms with van der Waals surface area (Å²) in [5, 5.41) is 2.44. The van der Waals surface area contributed by atoms with Crippen LogP contribution >= 0.6 is 15.9 Å². The molecule has 0 aliphatic heterocycles. The Labute approximate surface area is 236 Å². The number of nitrogens with zero attached hydrogens (tertiary/aromatic N) is 2. The van der Waals surface area contributed by atoms with Crippen molar-refractivity contribution in [3.63, 3.8) is 0 Å². The summed E-state index contributed by atoms with van der Waals surface area (Å²) in [4.78, 5) is 4.99. The Morgan fingerprint density at radius 3 is 1.87 bits per heavy atom. The van der Waals surface area contributed by atoms with Gasteiger partial charge >= 0.3 is 0 Å². The highest BCUT2D eigenvalue weighted by Gasteiger charge is 2.19. The Balaban J connectivity index is 1.55.